The van der Waals surface area contributed by atoms with Crippen molar-refractivity contribution in [3.05, 3.63) is 164 Å². The highest BCUT2D eigenvalue weighted by Gasteiger charge is 2.38. The summed E-state index contributed by atoms with van der Waals surface area (Å²) in [6.45, 7) is 20.4. The number of carbonyl (C=O) groups is 5. The number of carbonyl (C=O) groups excluding carboxylic acids is 4. The molecule has 0 bridgehead atoms. The maximum Gasteiger partial charge on any atom is 0.417 e. The Kier molecular flexibility index (Phi) is 27.0. The number of carboxylic acids is 1. The van der Waals surface area contributed by atoms with Gasteiger partial charge in [0.25, 0.3) is 11.8 Å². The molecule has 540 valence electrons. The maximum atomic E-state index is 13.8. The highest BCUT2D eigenvalue weighted by molar-refractivity contribution is 6.08. The zero-order valence-corrected chi connectivity index (χ0v) is 57.1. The number of aromatic amines is 2. The van der Waals surface area contributed by atoms with Crippen LogP contribution in [-0.4, -0.2) is 207 Å². The van der Waals surface area contributed by atoms with Crippen molar-refractivity contribution >= 4 is 52.5 Å². The number of nitrogens with one attached hydrogen (secondary N) is 6. The number of piperazine rings is 4. The summed E-state index contributed by atoms with van der Waals surface area (Å²) in [4.78, 5) is 103. The molecule has 4 aliphatic rings. The number of hydrogen-bond donors (Lipinski definition) is 8. The highest BCUT2D eigenvalue weighted by Crippen LogP contribution is 2.38. The number of nitrogens with two attached hydrogens (primary N) is 1. The molecule has 0 atom stereocenters. The predicted molar refractivity (Wildman–Crippen MR) is 373 cm³/mol. The van der Waals surface area contributed by atoms with Gasteiger partial charge in [-0.1, -0.05) is 48.5 Å². The zero-order valence-electron chi connectivity index (χ0n) is 57.1. The van der Waals surface area contributed by atoms with Crippen molar-refractivity contribution in [3.8, 4) is 22.3 Å². The summed E-state index contributed by atoms with van der Waals surface area (Å²) in [6, 6.07) is 28.4. The van der Waals surface area contributed by atoms with E-state index in [-0.39, 0.29) is 12.3 Å². The van der Waals surface area contributed by atoms with E-state index in [0.29, 0.717) is 107 Å². The van der Waals surface area contributed by atoms with Gasteiger partial charge in [-0.15, -0.1) is 0 Å². The molecule has 4 amide bonds. The minimum atomic E-state index is -4.88. The van der Waals surface area contributed by atoms with E-state index in [1.807, 2.05) is 79.7 Å². The molecule has 0 saturated carbocycles. The molecule has 4 saturated heterocycles. The molecule has 0 unspecified atom stereocenters. The molecule has 4 aromatic carbocycles. The Morgan fingerprint density at radius 2 is 0.990 bits per heavy atom. The molecule has 100 heavy (non-hydrogen) atoms. The molecule has 6 heterocycles. The molecule has 23 nitrogen and oxygen atoms in total. The predicted octanol–water partition coefficient (Wildman–Crippen LogP) is 8.29. The van der Waals surface area contributed by atoms with Crippen LogP contribution < -0.4 is 47.9 Å². The lowest BCUT2D eigenvalue weighted by Crippen LogP contribution is -2.48. The zero-order chi connectivity index (χ0) is 72.3. The Morgan fingerprint density at radius 3 is 1.41 bits per heavy atom. The van der Waals surface area contributed by atoms with Gasteiger partial charge in [0.2, 0.25) is 17.0 Å². The van der Waals surface area contributed by atoms with Crippen LogP contribution in [0.5, 0.6) is 0 Å². The second-order valence-electron chi connectivity index (χ2n) is 26.1. The smallest absolute Gasteiger partial charge is 0.417 e. The normalized spacial score (nSPS) is 15.9. The van der Waals surface area contributed by atoms with Gasteiger partial charge < -0.3 is 71.3 Å². The number of aliphatic carboxylic acids is 1. The molecule has 29 heteroatoms. The van der Waals surface area contributed by atoms with E-state index in [9.17, 15) is 59.9 Å². The molecule has 0 aliphatic carbocycles. The molecule has 6 aromatic rings. The lowest BCUT2D eigenvalue weighted by Gasteiger charge is -2.35. The van der Waals surface area contributed by atoms with Crippen LogP contribution in [0.2, 0.25) is 0 Å². The summed E-state index contributed by atoms with van der Waals surface area (Å²) in [7, 11) is 4.05. The number of H-pyrrole nitrogens is 2. The first-order valence-electron chi connectivity index (χ1n) is 33.4. The van der Waals surface area contributed by atoms with Crippen LogP contribution in [-0.2, 0) is 39.8 Å². The number of anilines is 4. The Bertz CT molecular complexity index is 3890. The highest BCUT2D eigenvalue weighted by atomic mass is 19.4. The summed E-state index contributed by atoms with van der Waals surface area (Å²) in [5.41, 5.74) is 7.26. The van der Waals surface area contributed by atoms with Crippen molar-refractivity contribution in [2.45, 2.75) is 77.5 Å². The summed E-state index contributed by atoms with van der Waals surface area (Å²) in [5, 5.41) is 19.6. The summed E-state index contributed by atoms with van der Waals surface area (Å²) in [6.07, 6.45) is -6.99. The number of benzene rings is 4. The quantitative estimate of drug-likeness (QED) is 0.0280. The number of ether oxygens (including phenoxy) is 1. The first-order valence-corrected chi connectivity index (χ1v) is 33.4. The fraction of sp³-hybridized carbons (Fsp3) is 0.451. The number of carboxylic acid groups (broad SMARTS) is 1. The Labute approximate surface area is 577 Å². The van der Waals surface area contributed by atoms with Gasteiger partial charge in [0.15, 0.2) is 0 Å². The van der Waals surface area contributed by atoms with Crippen molar-refractivity contribution in [2.75, 3.05) is 152 Å². The third-order valence-corrected chi connectivity index (χ3v) is 17.2. The first kappa shape index (κ1) is 76.6. The van der Waals surface area contributed by atoms with Crippen molar-refractivity contribution in [3.63, 3.8) is 0 Å². The lowest BCUT2D eigenvalue weighted by molar-refractivity contribution is -0.138. The Hall–Kier alpha value is -9.13. The van der Waals surface area contributed by atoms with Gasteiger partial charge in [-0.25, -0.2) is 4.79 Å². The number of halogens is 6. The molecular formula is C71H90F6N14O9. The number of aromatic nitrogens is 2. The van der Waals surface area contributed by atoms with Crippen LogP contribution in [0.25, 0.3) is 22.3 Å². The number of hydrogen-bond acceptors (Lipinski definition) is 16. The van der Waals surface area contributed by atoms with Gasteiger partial charge in [-0.05, 0) is 124 Å². The Balaban J connectivity index is 0.000000215. The van der Waals surface area contributed by atoms with E-state index in [2.05, 4.69) is 78.8 Å². The maximum absolute atomic E-state index is 13.8. The number of likely N-dealkylation sites (N-methyl/N-ethyl adjacent to an activating group) is 2. The van der Waals surface area contributed by atoms with E-state index in [4.69, 9.17) is 15.6 Å². The van der Waals surface area contributed by atoms with E-state index >= 15 is 0 Å². The fourth-order valence-electron chi connectivity index (χ4n) is 11.8. The molecule has 0 radical (unpaired) electrons. The molecule has 4 aliphatic heterocycles. The van der Waals surface area contributed by atoms with Crippen LogP contribution >= 0.6 is 0 Å². The van der Waals surface area contributed by atoms with Crippen molar-refractivity contribution in [1.29, 1.82) is 0 Å². The molecule has 10 rings (SSSR count). The van der Waals surface area contributed by atoms with E-state index in [1.54, 1.807) is 26.8 Å². The molecule has 0 spiro atoms. The SMILES string of the molecule is CC(C)(C)OC(=O)NCCCC(=O)O.CN1CCN(c2ccc(-c3cccc(CN4CCN(C(=O)CCCN)CC4)c3)cc2NC(=O)c2c[nH]c(=O)cc2C(F)(F)F)CC1.CN1CCN(c2ccc(-c3cccc(CN4CCNCC4)c3)cc2NC(=O)c2c[nH]c(=O)cc2C(F)(F)F)CC1. The van der Waals surface area contributed by atoms with Crippen molar-refractivity contribution in [2.24, 2.45) is 5.73 Å². The van der Waals surface area contributed by atoms with E-state index in [0.717, 1.165) is 123 Å². The molecule has 4 fully saturated rings. The molecular weight excluding hydrogens is 1310 g/mol. The number of alkyl halides is 6. The van der Waals surface area contributed by atoms with Crippen LogP contribution in [0.1, 0.15) is 89.4 Å². The summed E-state index contributed by atoms with van der Waals surface area (Å²) < 4.78 is 87.2. The van der Waals surface area contributed by atoms with Crippen molar-refractivity contribution < 1.29 is 60.2 Å². The third kappa shape index (κ3) is 23.0. The minimum Gasteiger partial charge on any atom is -0.481 e. The average molecular weight is 1400 g/mol. The van der Waals surface area contributed by atoms with Gasteiger partial charge in [-0.2, -0.15) is 26.3 Å². The topological polar surface area (TPSA) is 277 Å². The number of pyridine rings is 2. The largest absolute Gasteiger partial charge is 0.481 e. The van der Waals surface area contributed by atoms with Crippen LogP contribution in [0, 0.1) is 0 Å². The van der Waals surface area contributed by atoms with Gasteiger partial charge >= 0.3 is 24.4 Å². The first-order chi connectivity index (χ1) is 47.5. The molecule has 2 aromatic heterocycles. The van der Waals surface area contributed by atoms with Gasteiger partial charge in [0, 0.05) is 162 Å². The minimum absolute atomic E-state index is 0.0514. The van der Waals surface area contributed by atoms with Crippen molar-refractivity contribution in [1.82, 2.24) is 45.1 Å². The number of rotatable bonds is 19. The number of nitrogens with zero attached hydrogens (tertiary/aromatic N) is 7. The van der Waals surface area contributed by atoms with Gasteiger partial charge in [-0.3, -0.25) is 38.6 Å². The van der Waals surface area contributed by atoms with E-state index < -0.39 is 75.2 Å². The van der Waals surface area contributed by atoms with Gasteiger partial charge in [0.05, 0.1) is 45.0 Å². The Morgan fingerprint density at radius 1 is 0.550 bits per heavy atom. The second kappa shape index (κ2) is 35.3. The average Bonchev–Trinajstić information content (AvgIpc) is 0.806. The van der Waals surface area contributed by atoms with Crippen LogP contribution in [0.4, 0.5) is 53.9 Å². The van der Waals surface area contributed by atoms with Crippen LogP contribution in [0.15, 0.2) is 119 Å². The summed E-state index contributed by atoms with van der Waals surface area (Å²) in [5.74, 6) is -2.63. The second-order valence-corrected chi connectivity index (χ2v) is 26.1. The lowest BCUT2D eigenvalue weighted by atomic mass is 10.0. The van der Waals surface area contributed by atoms with Gasteiger partial charge in [0.1, 0.15) is 5.60 Å². The number of alkyl carbamates (subject to hydrolysis) is 1. The monoisotopic (exact) mass is 1400 g/mol. The van der Waals surface area contributed by atoms with E-state index in [1.165, 1.54) is 0 Å². The summed E-state index contributed by atoms with van der Waals surface area (Å²) >= 11 is 0. The standard InChI is InChI=1S/C33H40F3N7O3.C29H33F3N6O2.C9H17NO4/c1-40-10-14-42(15-11-40)29-8-7-25(19-28(29)39-32(46)26-21-38-30(44)20-27(26)33(34,35)36)24-5-2-4-23(18-24)22-41-12-16-43(17-13-41)31(45)6-3-9-37;1-36-11-13-38(14-12-36)26-6-5-22(21-4-2-3-20(15-21)19-37-9-7-33-8-10-37)16-25(26)35-28(40)23-18-34-27(39)17-24(23)29(30,31)32;1-9(2,3)14-8(13)10-6-4-5-7(11)12/h2,4-5,7-8,18-21H,3,6,9-17,22,37H2,1H3,(H,38,44)(H,39,46);2-6,15-18,33H,7-14,19H2,1H3,(H,34,39)(H,35,40);4-6H2,1-3H3,(H,10,13)(H,11,12). The number of amides is 4. The fourth-order valence-corrected chi connectivity index (χ4v) is 11.8. The van der Waals surface area contributed by atoms with Crippen LogP contribution in [0.3, 0.4) is 0 Å². The molecule has 9 N–H and O–H groups in total. The third-order valence-electron chi connectivity index (χ3n) is 17.2.